The molecule has 0 bridgehead atoms. The molecule has 0 radical (unpaired) electrons. The maximum Gasteiger partial charge on any atom is 0.212 e. The number of carbonyl (C=O) groups excluding carboxylic acids is 1. The lowest BCUT2D eigenvalue weighted by Crippen LogP contribution is -2.41. The molecule has 1 saturated carbocycles. The summed E-state index contributed by atoms with van der Waals surface area (Å²) in [4.78, 5) is 10.7. The lowest BCUT2D eigenvalue weighted by atomic mass is 9.80. The van der Waals surface area contributed by atoms with Gasteiger partial charge in [0.05, 0.1) is 5.25 Å². The van der Waals surface area contributed by atoms with Crippen LogP contribution >= 0.6 is 0 Å². The van der Waals surface area contributed by atoms with Gasteiger partial charge in [0.1, 0.15) is 5.78 Å². The Balaban J connectivity index is 2.64. The highest BCUT2D eigenvalue weighted by atomic mass is 32.2. The monoisotopic (exact) mass is 205 g/mol. The summed E-state index contributed by atoms with van der Waals surface area (Å²) < 4.78 is 22.3. The summed E-state index contributed by atoms with van der Waals surface area (Å²) in [5.74, 6) is 0.122. The second kappa shape index (κ2) is 3.75. The van der Waals surface area contributed by atoms with Gasteiger partial charge in [-0.3, -0.25) is 4.79 Å². The van der Waals surface area contributed by atoms with Crippen LogP contribution in [-0.4, -0.2) is 19.5 Å². The summed E-state index contributed by atoms with van der Waals surface area (Å²) in [5.41, 5.74) is 0. The minimum Gasteiger partial charge on any atom is -0.300 e. The van der Waals surface area contributed by atoms with Crippen molar-refractivity contribution in [1.82, 2.24) is 0 Å². The first-order valence-electron chi connectivity index (χ1n) is 4.48. The summed E-state index contributed by atoms with van der Waals surface area (Å²) in [6.07, 6.45) is 2.13. The summed E-state index contributed by atoms with van der Waals surface area (Å²) in [7, 11) is -3.46. The van der Waals surface area contributed by atoms with Crippen LogP contribution in [0, 0.1) is 5.92 Å². The van der Waals surface area contributed by atoms with Crippen molar-refractivity contribution < 1.29 is 13.2 Å². The second-order valence-electron chi connectivity index (χ2n) is 3.62. The van der Waals surface area contributed by atoms with Gasteiger partial charge in [0, 0.05) is 12.8 Å². The number of Topliss-reactive ketones (excluding diaryl/α,β-unsaturated/α-hetero) is 1. The molecule has 1 aliphatic carbocycles. The fourth-order valence-electron chi connectivity index (χ4n) is 1.74. The molecule has 0 amide bonds. The number of sulfonamides is 1. The molecule has 0 aliphatic heterocycles. The van der Waals surface area contributed by atoms with Crippen LogP contribution in [0.15, 0.2) is 0 Å². The Hall–Kier alpha value is -0.420. The SMILES string of the molecule is CCCC(C1CC(=O)C1)S(N)(=O)=O. The molecule has 5 heteroatoms. The van der Waals surface area contributed by atoms with Crippen LogP contribution in [0.5, 0.6) is 0 Å². The third-order valence-electron chi connectivity index (χ3n) is 2.50. The van der Waals surface area contributed by atoms with Gasteiger partial charge in [-0.05, 0) is 12.3 Å². The maximum atomic E-state index is 11.1. The van der Waals surface area contributed by atoms with Crippen LogP contribution in [0.3, 0.4) is 0 Å². The van der Waals surface area contributed by atoms with Gasteiger partial charge in [0.2, 0.25) is 10.0 Å². The molecule has 1 aliphatic rings. The molecular formula is C8H15NO3S. The summed E-state index contributed by atoms with van der Waals surface area (Å²) in [6.45, 7) is 1.92. The van der Waals surface area contributed by atoms with Gasteiger partial charge >= 0.3 is 0 Å². The van der Waals surface area contributed by atoms with Crippen molar-refractivity contribution in [3.63, 3.8) is 0 Å². The molecular weight excluding hydrogens is 190 g/mol. The molecule has 1 unspecified atom stereocenters. The van der Waals surface area contributed by atoms with E-state index < -0.39 is 15.3 Å². The fourth-order valence-corrected chi connectivity index (χ4v) is 3.03. The van der Waals surface area contributed by atoms with Gasteiger partial charge in [-0.1, -0.05) is 13.3 Å². The smallest absolute Gasteiger partial charge is 0.212 e. The van der Waals surface area contributed by atoms with Crippen molar-refractivity contribution in [2.45, 2.75) is 37.9 Å². The third kappa shape index (κ3) is 2.51. The number of nitrogens with two attached hydrogens (primary N) is 1. The molecule has 1 fully saturated rings. The van der Waals surface area contributed by atoms with E-state index in [1.807, 2.05) is 6.92 Å². The molecule has 0 saturated heterocycles. The third-order valence-corrected chi connectivity index (χ3v) is 3.97. The summed E-state index contributed by atoms with van der Waals surface area (Å²) >= 11 is 0. The van der Waals surface area contributed by atoms with Gasteiger partial charge in [0.15, 0.2) is 0 Å². The molecule has 0 aromatic heterocycles. The van der Waals surface area contributed by atoms with Gasteiger partial charge in [-0.25, -0.2) is 13.6 Å². The second-order valence-corrected chi connectivity index (χ2v) is 5.41. The van der Waals surface area contributed by atoms with Crippen LogP contribution < -0.4 is 5.14 Å². The van der Waals surface area contributed by atoms with E-state index in [4.69, 9.17) is 5.14 Å². The molecule has 13 heavy (non-hydrogen) atoms. The Morgan fingerprint density at radius 2 is 2.08 bits per heavy atom. The average molecular weight is 205 g/mol. The summed E-state index contributed by atoms with van der Waals surface area (Å²) in [5, 5.41) is 4.58. The average Bonchev–Trinajstić information content (AvgIpc) is 1.92. The highest BCUT2D eigenvalue weighted by molar-refractivity contribution is 7.89. The molecule has 2 N–H and O–H groups in total. The van der Waals surface area contributed by atoms with E-state index in [9.17, 15) is 13.2 Å². The fraction of sp³-hybridized carbons (Fsp3) is 0.875. The Bertz CT molecular complexity index is 289. The largest absolute Gasteiger partial charge is 0.300 e. The first-order valence-corrected chi connectivity index (χ1v) is 6.09. The molecule has 1 atom stereocenters. The minimum atomic E-state index is -3.46. The lowest BCUT2D eigenvalue weighted by molar-refractivity contribution is -0.126. The number of hydrogen-bond donors (Lipinski definition) is 1. The van der Waals surface area contributed by atoms with E-state index in [1.165, 1.54) is 0 Å². The topological polar surface area (TPSA) is 77.2 Å². The van der Waals surface area contributed by atoms with E-state index in [0.717, 1.165) is 6.42 Å². The first kappa shape index (κ1) is 10.7. The zero-order valence-electron chi connectivity index (χ0n) is 7.69. The molecule has 0 aromatic rings. The molecule has 4 nitrogen and oxygen atoms in total. The van der Waals surface area contributed by atoms with Crippen molar-refractivity contribution in [2.75, 3.05) is 0 Å². The van der Waals surface area contributed by atoms with Gasteiger partial charge in [0.25, 0.3) is 0 Å². The maximum absolute atomic E-state index is 11.1. The van der Waals surface area contributed by atoms with Crippen LogP contribution in [0.2, 0.25) is 0 Å². The number of rotatable bonds is 4. The molecule has 1 rings (SSSR count). The lowest BCUT2D eigenvalue weighted by Gasteiger charge is -2.30. The van der Waals surface area contributed by atoms with E-state index >= 15 is 0 Å². The Morgan fingerprint density at radius 3 is 2.38 bits per heavy atom. The molecule has 0 spiro atoms. The highest BCUT2D eigenvalue weighted by Gasteiger charge is 2.38. The molecule has 0 heterocycles. The van der Waals surface area contributed by atoms with Crippen LogP contribution in [-0.2, 0) is 14.8 Å². The zero-order chi connectivity index (χ0) is 10.1. The number of ketones is 1. The van der Waals surface area contributed by atoms with E-state index in [2.05, 4.69) is 0 Å². The predicted octanol–water partition coefficient (Wildman–Crippen LogP) is 0.423. The van der Waals surface area contributed by atoms with Crippen LogP contribution in [0.4, 0.5) is 0 Å². The standard InChI is InChI=1S/C8H15NO3S/c1-2-3-8(13(9,11)12)6-4-7(10)5-6/h6,8H,2-5H2,1H3,(H2,9,11,12). The van der Waals surface area contributed by atoms with E-state index in [0.29, 0.717) is 19.3 Å². The first-order chi connectivity index (χ1) is 5.95. The Labute approximate surface area is 78.6 Å². The van der Waals surface area contributed by atoms with E-state index in [1.54, 1.807) is 0 Å². The number of carbonyl (C=O) groups is 1. The van der Waals surface area contributed by atoms with Crippen molar-refractivity contribution in [2.24, 2.45) is 11.1 Å². The number of hydrogen-bond acceptors (Lipinski definition) is 3. The summed E-state index contributed by atoms with van der Waals surface area (Å²) in [6, 6.07) is 0. The Morgan fingerprint density at radius 1 is 1.54 bits per heavy atom. The van der Waals surface area contributed by atoms with Gasteiger partial charge in [-0.15, -0.1) is 0 Å². The van der Waals surface area contributed by atoms with Crippen molar-refractivity contribution in [3.8, 4) is 0 Å². The number of primary sulfonamides is 1. The van der Waals surface area contributed by atoms with Crippen molar-refractivity contribution in [1.29, 1.82) is 0 Å². The van der Waals surface area contributed by atoms with Gasteiger partial charge in [-0.2, -0.15) is 0 Å². The minimum absolute atomic E-state index is 0.0255. The molecule has 76 valence electrons. The normalized spacial score (nSPS) is 21.2. The van der Waals surface area contributed by atoms with Crippen molar-refractivity contribution >= 4 is 15.8 Å². The van der Waals surface area contributed by atoms with Crippen molar-refractivity contribution in [3.05, 3.63) is 0 Å². The van der Waals surface area contributed by atoms with Gasteiger partial charge < -0.3 is 0 Å². The van der Waals surface area contributed by atoms with Crippen LogP contribution in [0.25, 0.3) is 0 Å². The Kier molecular flexibility index (Phi) is 3.08. The molecule has 0 aromatic carbocycles. The highest BCUT2D eigenvalue weighted by Crippen LogP contribution is 2.31. The van der Waals surface area contributed by atoms with Crippen LogP contribution in [0.1, 0.15) is 32.6 Å². The predicted molar refractivity (Wildman–Crippen MR) is 49.5 cm³/mol. The van der Waals surface area contributed by atoms with E-state index in [-0.39, 0.29) is 11.7 Å². The zero-order valence-corrected chi connectivity index (χ0v) is 8.51. The quantitative estimate of drug-likeness (QED) is 0.722.